The molecular formula is C12H19N3O2S. The van der Waals surface area contributed by atoms with Crippen LogP contribution in [0.15, 0.2) is 0 Å². The highest BCUT2D eigenvalue weighted by atomic mass is 32.2. The van der Waals surface area contributed by atoms with Gasteiger partial charge in [0.05, 0.1) is 12.1 Å². The predicted molar refractivity (Wildman–Crippen MR) is 70.1 cm³/mol. The van der Waals surface area contributed by atoms with Gasteiger partial charge in [0, 0.05) is 30.6 Å². The molecule has 18 heavy (non-hydrogen) atoms. The summed E-state index contributed by atoms with van der Waals surface area (Å²) in [5.74, 6) is 2.55. The van der Waals surface area contributed by atoms with Gasteiger partial charge in [0.1, 0.15) is 0 Å². The van der Waals surface area contributed by atoms with E-state index in [4.69, 9.17) is 0 Å². The topological polar surface area (TPSA) is 61.4 Å². The van der Waals surface area contributed by atoms with E-state index in [1.165, 1.54) is 0 Å². The van der Waals surface area contributed by atoms with Crippen LogP contribution in [0.4, 0.5) is 0 Å². The molecule has 0 spiro atoms. The van der Waals surface area contributed by atoms with Crippen LogP contribution in [0.25, 0.3) is 0 Å². The Kier molecular flexibility index (Phi) is 3.23. The van der Waals surface area contributed by atoms with Crippen LogP contribution in [0.2, 0.25) is 0 Å². The molecule has 3 rings (SSSR count). The number of nitrogens with zero attached hydrogens (tertiary/aromatic N) is 1. The quantitative estimate of drug-likeness (QED) is 0.743. The second kappa shape index (κ2) is 4.74. The summed E-state index contributed by atoms with van der Waals surface area (Å²) >= 11 is 1.74. The minimum Gasteiger partial charge on any atom is -0.350 e. The number of amides is 2. The van der Waals surface area contributed by atoms with E-state index in [-0.39, 0.29) is 23.9 Å². The smallest absolute Gasteiger partial charge is 0.238 e. The molecule has 100 valence electrons. The molecule has 1 aliphatic carbocycles. The maximum atomic E-state index is 11.9. The number of thioether (sulfide) groups is 1. The summed E-state index contributed by atoms with van der Waals surface area (Å²) in [4.78, 5) is 25.8. The van der Waals surface area contributed by atoms with Crippen molar-refractivity contribution in [2.45, 2.75) is 37.9 Å². The summed E-state index contributed by atoms with van der Waals surface area (Å²) in [5, 5.41) is 6.15. The fourth-order valence-electron chi connectivity index (χ4n) is 2.75. The van der Waals surface area contributed by atoms with Gasteiger partial charge in [-0.1, -0.05) is 6.92 Å². The van der Waals surface area contributed by atoms with E-state index in [1.54, 1.807) is 11.8 Å². The van der Waals surface area contributed by atoms with Gasteiger partial charge in [-0.25, -0.2) is 0 Å². The van der Waals surface area contributed by atoms with Crippen LogP contribution in [-0.4, -0.2) is 53.0 Å². The van der Waals surface area contributed by atoms with Gasteiger partial charge < -0.3 is 10.2 Å². The fraction of sp³-hybridized carbons (Fsp3) is 0.833. The maximum Gasteiger partial charge on any atom is 0.238 e. The number of carbonyl (C=O) groups is 2. The van der Waals surface area contributed by atoms with Gasteiger partial charge in [-0.15, -0.1) is 11.8 Å². The lowest BCUT2D eigenvalue weighted by Gasteiger charge is -2.18. The van der Waals surface area contributed by atoms with Crippen molar-refractivity contribution in [1.82, 2.24) is 15.5 Å². The number of likely N-dealkylation sites (tertiary alicyclic amines) is 1. The van der Waals surface area contributed by atoms with Crippen LogP contribution < -0.4 is 10.6 Å². The summed E-state index contributed by atoms with van der Waals surface area (Å²) in [6.45, 7) is 2.86. The Balaban J connectivity index is 1.52. The first-order valence-electron chi connectivity index (χ1n) is 6.56. The molecule has 4 atom stereocenters. The van der Waals surface area contributed by atoms with Crippen LogP contribution in [-0.2, 0) is 9.59 Å². The van der Waals surface area contributed by atoms with Gasteiger partial charge in [-0.3, -0.25) is 14.9 Å². The molecule has 3 fully saturated rings. The highest BCUT2D eigenvalue weighted by molar-refractivity contribution is 7.99. The van der Waals surface area contributed by atoms with E-state index in [0.29, 0.717) is 24.9 Å². The van der Waals surface area contributed by atoms with Gasteiger partial charge in [-0.05, 0) is 12.3 Å². The molecule has 2 amide bonds. The number of rotatable bonds is 3. The van der Waals surface area contributed by atoms with E-state index in [0.717, 1.165) is 18.1 Å². The largest absolute Gasteiger partial charge is 0.350 e. The normalized spacial score (nSPS) is 39.2. The summed E-state index contributed by atoms with van der Waals surface area (Å²) in [6, 6.07) is 0.351. The van der Waals surface area contributed by atoms with Crippen molar-refractivity contribution in [2.75, 3.05) is 18.2 Å². The zero-order valence-corrected chi connectivity index (χ0v) is 11.3. The Morgan fingerprint density at radius 1 is 1.56 bits per heavy atom. The zero-order chi connectivity index (χ0) is 12.7. The Labute approximate surface area is 111 Å². The molecule has 0 unspecified atom stereocenters. The van der Waals surface area contributed by atoms with Crippen molar-refractivity contribution in [1.29, 1.82) is 0 Å². The van der Waals surface area contributed by atoms with E-state index < -0.39 is 0 Å². The molecule has 2 aliphatic heterocycles. The number of hydrogen-bond donors (Lipinski definition) is 2. The average molecular weight is 269 g/mol. The highest BCUT2D eigenvalue weighted by Crippen LogP contribution is 2.37. The first kappa shape index (κ1) is 12.3. The second-order valence-electron chi connectivity index (χ2n) is 5.51. The van der Waals surface area contributed by atoms with Gasteiger partial charge in [0.25, 0.3) is 0 Å². The molecule has 0 bridgehead atoms. The number of carbonyl (C=O) groups excluding carboxylic acids is 2. The van der Waals surface area contributed by atoms with E-state index in [1.807, 2.05) is 4.90 Å². The summed E-state index contributed by atoms with van der Waals surface area (Å²) in [7, 11) is 0. The van der Waals surface area contributed by atoms with Gasteiger partial charge >= 0.3 is 0 Å². The predicted octanol–water partition coefficient (Wildman–Crippen LogP) is -0.226. The van der Waals surface area contributed by atoms with Gasteiger partial charge in [0.2, 0.25) is 11.8 Å². The van der Waals surface area contributed by atoms with E-state index in [2.05, 4.69) is 17.6 Å². The molecule has 0 aromatic heterocycles. The molecule has 1 saturated carbocycles. The van der Waals surface area contributed by atoms with Crippen molar-refractivity contribution < 1.29 is 9.59 Å². The minimum absolute atomic E-state index is 0.00481. The van der Waals surface area contributed by atoms with Crippen LogP contribution in [0.5, 0.6) is 0 Å². The lowest BCUT2D eigenvalue weighted by atomic mass is 10.2. The Morgan fingerprint density at radius 2 is 2.33 bits per heavy atom. The monoisotopic (exact) mass is 269 g/mol. The second-order valence-corrected chi connectivity index (χ2v) is 6.54. The summed E-state index contributed by atoms with van der Waals surface area (Å²) in [5.41, 5.74) is 0. The number of hydrogen-bond acceptors (Lipinski definition) is 4. The van der Waals surface area contributed by atoms with Crippen molar-refractivity contribution in [3.05, 3.63) is 0 Å². The third-order valence-corrected chi connectivity index (χ3v) is 4.94. The van der Waals surface area contributed by atoms with E-state index >= 15 is 0 Å². The molecule has 0 aromatic rings. The summed E-state index contributed by atoms with van der Waals surface area (Å²) < 4.78 is 0. The van der Waals surface area contributed by atoms with Gasteiger partial charge in [0.15, 0.2) is 0 Å². The lowest BCUT2D eigenvalue weighted by molar-refractivity contribution is -0.128. The van der Waals surface area contributed by atoms with Crippen molar-refractivity contribution in [3.8, 4) is 0 Å². The Hall–Kier alpha value is -0.750. The first-order chi connectivity index (χ1) is 8.65. The maximum absolute atomic E-state index is 11.9. The van der Waals surface area contributed by atoms with Crippen molar-refractivity contribution >= 4 is 23.6 Å². The molecule has 3 aliphatic rings. The molecule has 5 nitrogen and oxygen atoms in total. The first-order valence-corrected chi connectivity index (χ1v) is 7.71. The lowest BCUT2D eigenvalue weighted by Crippen LogP contribution is -2.47. The van der Waals surface area contributed by atoms with Crippen molar-refractivity contribution in [2.24, 2.45) is 5.92 Å². The molecule has 6 heteroatoms. The van der Waals surface area contributed by atoms with Crippen LogP contribution in [0.1, 0.15) is 19.8 Å². The van der Waals surface area contributed by atoms with Crippen LogP contribution >= 0.6 is 11.8 Å². The zero-order valence-electron chi connectivity index (χ0n) is 10.5. The highest BCUT2D eigenvalue weighted by Gasteiger charge is 2.45. The molecule has 2 N–H and O–H groups in total. The molecule has 2 heterocycles. The standard InChI is InChI=1S/C12H19N3O2S/c1-7-2-10(7)15-4-8(3-11(15)16)14-12(17)9-5-18-6-13-9/h7-10,13H,2-6H2,1H3,(H,14,17)/t7-,8-,9-,10-/m1/s1. The SMILES string of the molecule is C[C@@H]1C[C@H]1N1C[C@H](NC(=O)[C@H]2CSCN2)CC1=O. The molecule has 2 saturated heterocycles. The third kappa shape index (κ3) is 2.36. The fourth-order valence-corrected chi connectivity index (χ4v) is 3.69. The van der Waals surface area contributed by atoms with E-state index in [9.17, 15) is 9.59 Å². The third-order valence-electron chi connectivity index (χ3n) is 4.00. The minimum atomic E-state index is -0.0843. The Morgan fingerprint density at radius 3 is 2.94 bits per heavy atom. The van der Waals surface area contributed by atoms with Gasteiger partial charge in [-0.2, -0.15) is 0 Å². The Bertz CT molecular complexity index is 370. The van der Waals surface area contributed by atoms with Crippen LogP contribution in [0.3, 0.4) is 0 Å². The molecule has 0 aromatic carbocycles. The molecular weight excluding hydrogens is 250 g/mol. The summed E-state index contributed by atoms with van der Waals surface area (Å²) in [6.07, 6.45) is 1.59. The number of nitrogens with one attached hydrogen (secondary N) is 2. The molecule has 0 radical (unpaired) electrons. The average Bonchev–Trinajstić information content (AvgIpc) is 2.80. The van der Waals surface area contributed by atoms with Crippen molar-refractivity contribution in [3.63, 3.8) is 0 Å². The van der Waals surface area contributed by atoms with Crippen LogP contribution in [0, 0.1) is 5.92 Å².